The van der Waals surface area contributed by atoms with Crippen LogP contribution in [0.4, 0.5) is 5.69 Å². The Hall–Kier alpha value is -1.28. The highest BCUT2D eigenvalue weighted by Gasteiger charge is 2.06. The smallest absolute Gasteiger partial charge is 0.256 e. The lowest BCUT2D eigenvalue weighted by atomic mass is 10.3. The van der Waals surface area contributed by atoms with Gasteiger partial charge in [-0.3, -0.25) is 0 Å². The van der Waals surface area contributed by atoms with E-state index >= 15 is 0 Å². The molecule has 0 saturated carbocycles. The summed E-state index contributed by atoms with van der Waals surface area (Å²) in [5.74, 6) is 0.778. The molecule has 1 aromatic carbocycles. The number of ether oxygens (including phenoxy) is 3. The molecule has 0 spiro atoms. The second-order valence-electron chi connectivity index (χ2n) is 4.27. The summed E-state index contributed by atoms with van der Waals surface area (Å²) in [5.41, 5.74) is 7.92. The standard InChI is InChI=1S/C14H20N2O4S/c1-17-4-5-18-6-7-19-8-9-21-14-16-12-10-11(15)2-3-13(12)20-14/h2-3,10H,4-9,15H2,1H3. The van der Waals surface area contributed by atoms with Gasteiger partial charge in [0.1, 0.15) is 5.52 Å². The van der Waals surface area contributed by atoms with Crippen molar-refractivity contribution >= 4 is 28.5 Å². The second-order valence-corrected chi connectivity index (χ2v) is 5.32. The van der Waals surface area contributed by atoms with Crippen LogP contribution in [-0.2, 0) is 14.2 Å². The number of fused-ring (bicyclic) bond motifs is 1. The van der Waals surface area contributed by atoms with Crippen LogP contribution < -0.4 is 5.73 Å². The van der Waals surface area contributed by atoms with Gasteiger partial charge in [0, 0.05) is 18.6 Å². The van der Waals surface area contributed by atoms with Crippen molar-refractivity contribution in [3.8, 4) is 0 Å². The molecule has 0 unspecified atom stereocenters. The molecule has 0 aliphatic rings. The van der Waals surface area contributed by atoms with E-state index in [1.54, 1.807) is 19.2 Å². The number of hydrogen-bond donors (Lipinski definition) is 1. The van der Waals surface area contributed by atoms with E-state index in [2.05, 4.69) is 4.98 Å². The maximum Gasteiger partial charge on any atom is 0.256 e. The Balaban J connectivity index is 1.59. The van der Waals surface area contributed by atoms with Crippen LogP contribution in [-0.4, -0.2) is 50.9 Å². The Morgan fingerprint density at radius 3 is 2.71 bits per heavy atom. The predicted octanol–water partition coefficient (Wildman–Crippen LogP) is 2.18. The third kappa shape index (κ3) is 5.55. The predicted molar refractivity (Wildman–Crippen MR) is 82.7 cm³/mol. The molecule has 21 heavy (non-hydrogen) atoms. The summed E-state index contributed by atoms with van der Waals surface area (Å²) in [6, 6.07) is 5.43. The van der Waals surface area contributed by atoms with Gasteiger partial charge in [-0.15, -0.1) is 0 Å². The summed E-state index contributed by atoms with van der Waals surface area (Å²) in [6.45, 7) is 2.99. The van der Waals surface area contributed by atoms with E-state index in [0.717, 1.165) is 16.9 Å². The van der Waals surface area contributed by atoms with E-state index in [4.69, 9.17) is 24.4 Å². The Labute approximate surface area is 127 Å². The topological polar surface area (TPSA) is 79.7 Å². The third-order valence-corrected chi connectivity index (χ3v) is 3.44. The lowest BCUT2D eigenvalue weighted by molar-refractivity contribution is 0.0286. The number of nitrogen functional groups attached to an aromatic ring is 1. The fourth-order valence-corrected chi connectivity index (χ4v) is 2.32. The van der Waals surface area contributed by atoms with Gasteiger partial charge in [0.15, 0.2) is 5.58 Å². The molecule has 1 heterocycles. The fourth-order valence-electron chi connectivity index (χ4n) is 1.64. The Bertz CT molecular complexity index is 547. The number of oxazole rings is 1. The highest BCUT2D eigenvalue weighted by molar-refractivity contribution is 7.99. The first-order valence-electron chi connectivity index (χ1n) is 6.73. The zero-order valence-electron chi connectivity index (χ0n) is 12.0. The Morgan fingerprint density at radius 2 is 1.90 bits per heavy atom. The van der Waals surface area contributed by atoms with Crippen molar-refractivity contribution in [1.29, 1.82) is 0 Å². The average Bonchev–Trinajstić information content (AvgIpc) is 2.87. The van der Waals surface area contributed by atoms with E-state index in [0.29, 0.717) is 43.9 Å². The quantitative estimate of drug-likeness (QED) is 0.409. The average molecular weight is 312 g/mol. The Morgan fingerprint density at radius 1 is 1.14 bits per heavy atom. The highest BCUT2D eigenvalue weighted by Crippen LogP contribution is 2.24. The van der Waals surface area contributed by atoms with Gasteiger partial charge in [0.25, 0.3) is 5.22 Å². The first-order chi connectivity index (χ1) is 10.3. The van der Waals surface area contributed by atoms with E-state index < -0.39 is 0 Å². The number of hydrogen-bond acceptors (Lipinski definition) is 7. The second kappa shape index (κ2) is 8.89. The monoisotopic (exact) mass is 312 g/mol. The van der Waals surface area contributed by atoms with Gasteiger partial charge in [-0.2, -0.15) is 0 Å². The number of nitrogens with zero attached hydrogens (tertiary/aromatic N) is 1. The normalized spacial score (nSPS) is 11.3. The van der Waals surface area contributed by atoms with Gasteiger partial charge in [0.2, 0.25) is 0 Å². The van der Waals surface area contributed by atoms with Gasteiger partial charge in [-0.25, -0.2) is 4.98 Å². The van der Waals surface area contributed by atoms with Crippen molar-refractivity contribution < 1.29 is 18.6 Å². The number of methoxy groups -OCH3 is 1. The summed E-state index contributed by atoms with van der Waals surface area (Å²) >= 11 is 1.52. The molecule has 116 valence electrons. The molecule has 0 fully saturated rings. The maximum absolute atomic E-state index is 5.70. The van der Waals surface area contributed by atoms with Crippen molar-refractivity contribution in [3.05, 3.63) is 18.2 Å². The molecular weight excluding hydrogens is 292 g/mol. The molecule has 2 rings (SSSR count). The minimum absolute atomic E-state index is 0.578. The van der Waals surface area contributed by atoms with Crippen LogP contribution in [0.2, 0.25) is 0 Å². The van der Waals surface area contributed by atoms with E-state index in [1.165, 1.54) is 11.8 Å². The molecule has 7 heteroatoms. The van der Waals surface area contributed by atoms with E-state index in [-0.39, 0.29) is 0 Å². The summed E-state index contributed by atoms with van der Waals surface area (Å²) in [6.07, 6.45) is 0. The van der Waals surface area contributed by atoms with E-state index in [9.17, 15) is 0 Å². The lowest BCUT2D eigenvalue weighted by Gasteiger charge is -2.04. The van der Waals surface area contributed by atoms with Crippen LogP contribution in [0.5, 0.6) is 0 Å². The van der Waals surface area contributed by atoms with Crippen molar-refractivity contribution in [2.45, 2.75) is 5.22 Å². The summed E-state index contributed by atoms with van der Waals surface area (Å²) < 4.78 is 21.2. The molecule has 0 aliphatic carbocycles. The molecule has 0 atom stereocenters. The van der Waals surface area contributed by atoms with Gasteiger partial charge < -0.3 is 24.4 Å². The van der Waals surface area contributed by atoms with Crippen LogP contribution in [0.25, 0.3) is 11.1 Å². The van der Waals surface area contributed by atoms with Gasteiger partial charge in [0.05, 0.1) is 33.0 Å². The number of aromatic nitrogens is 1. The van der Waals surface area contributed by atoms with Crippen LogP contribution in [0, 0.1) is 0 Å². The number of rotatable bonds is 10. The molecule has 2 N–H and O–H groups in total. The van der Waals surface area contributed by atoms with Crippen molar-refractivity contribution in [3.63, 3.8) is 0 Å². The van der Waals surface area contributed by atoms with Crippen LogP contribution in [0.1, 0.15) is 0 Å². The number of anilines is 1. The molecule has 0 saturated heterocycles. The summed E-state index contributed by atoms with van der Waals surface area (Å²) in [5, 5.41) is 0.635. The van der Waals surface area contributed by atoms with Crippen LogP contribution in [0.15, 0.2) is 27.8 Å². The van der Waals surface area contributed by atoms with Crippen molar-refractivity contribution in [2.75, 3.05) is 51.6 Å². The number of thioether (sulfide) groups is 1. The summed E-state index contributed by atoms with van der Waals surface area (Å²) in [7, 11) is 1.65. The number of benzene rings is 1. The summed E-state index contributed by atoms with van der Waals surface area (Å²) in [4.78, 5) is 4.36. The first-order valence-corrected chi connectivity index (χ1v) is 7.71. The SMILES string of the molecule is COCCOCCOCCSc1nc2cc(N)ccc2o1. The first kappa shape index (κ1) is 16.1. The largest absolute Gasteiger partial charge is 0.431 e. The third-order valence-electron chi connectivity index (χ3n) is 2.65. The van der Waals surface area contributed by atoms with Gasteiger partial charge >= 0.3 is 0 Å². The molecule has 0 amide bonds. The molecular formula is C14H20N2O4S. The zero-order chi connectivity index (χ0) is 14.9. The van der Waals surface area contributed by atoms with Gasteiger partial charge in [-0.05, 0) is 18.2 Å². The fraction of sp³-hybridized carbons (Fsp3) is 0.500. The minimum Gasteiger partial charge on any atom is -0.431 e. The molecule has 0 bridgehead atoms. The lowest BCUT2D eigenvalue weighted by Crippen LogP contribution is -2.09. The number of nitrogens with two attached hydrogens (primary N) is 1. The zero-order valence-corrected chi connectivity index (χ0v) is 12.9. The maximum atomic E-state index is 5.70. The van der Waals surface area contributed by atoms with Crippen molar-refractivity contribution in [2.24, 2.45) is 0 Å². The molecule has 0 aliphatic heterocycles. The van der Waals surface area contributed by atoms with Gasteiger partial charge in [-0.1, -0.05) is 11.8 Å². The molecule has 6 nitrogen and oxygen atoms in total. The highest BCUT2D eigenvalue weighted by atomic mass is 32.2. The van der Waals surface area contributed by atoms with Crippen LogP contribution >= 0.6 is 11.8 Å². The Kier molecular flexibility index (Phi) is 6.81. The van der Waals surface area contributed by atoms with Crippen LogP contribution in [0.3, 0.4) is 0 Å². The van der Waals surface area contributed by atoms with E-state index in [1.807, 2.05) is 6.07 Å². The van der Waals surface area contributed by atoms with Crippen molar-refractivity contribution in [1.82, 2.24) is 4.98 Å². The molecule has 2 aromatic rings. The molecule has 1 aromatic heterocycles. The molecule has 0 radical (unpaired) electrons. The minimum atomic E-state index is 0.578.